The molecule has 0 aliphatic heterocycles. The first-order valence-corrected chi connectivity index (χ1v) is 7.70. The Bertz CT molecular complexity index is 681. The summed E-state index contributed by atoms with van der Waals surface area (Å²) in [5.41, 5.74) is 7.51. The molecule has 0 bridgehead atoms. The van der Waals surface area contributed by atoms with Crippen molar-refractivity contribution in [2.45, 2.75) is 37.6 Å². The van der Waals surface area contributed by atoms with Crippen molar-refractivity contribution < 1.29 is 9.21 Å². The van der Waals surface area contributed by atoms with Gasteiger partial charge in [0, 0.05) is 17.5 Å². The van der Waals surface area contributed by atoms with Gasteiger partial charge in [-0.3, -0.25) is 0 Å². The molecule has 3 N–H and O–H groups in total. The molecule has 0 atom stereocenters. The molecule has 1 heterocycles. The van der Waals surface area contributed by atoms with E-state index >= 15 is 0 Å². The average Bonchev–Trinajstić information content (AvgIpc) is 2.90. The van der Waals surface area contributed by atoms with Gasteiger partial charge in [-0.15, -0.1) is 0 Å². The number of urea groups is 1. The molecule has 4 rings (SSSR count). The van der Waals surface area contributed by atoms with Crippen molar-refractivity contribution in [3.8, 4) is 11.3 Å². The number of primary amides is 1. The topological polar surface area (TPSA) is 81.2 Å². The molecule has 1 aromatic heterocycles. The molecule has 22 heavy (non-hydrogen) atoms. The predicted octanol–water partition coefficient (Wildman–Crippen LogP) is 3.04. The molecule has 2 aliphatic carbocycles. The molecule has 2 saturated carbocycles. The van der Waals surface area contributed by atoms with E-state index in [4.69, 9.17) is 10.2 Å². The fourth-order valence-corrected chi connectivity index (χ4v) is 4.00. The Morgan fingerprint density at radius 3 is 2.64 bits per heavy atom. The summed E-state index contributed by atoms with van der Waals surface area (Å²) in [6, 6.07) is 9.91. The van der Waals surface area contributed by atoms with Crippen LogP contribution in [0.25, 0.3) is 11.3 Å². The lowest BCUT2D eigenvalue weighted by Gasteiger charge is -2.56. The average molecular weight is 297 g/mol. The Kier molecular flexibility index (Phi) is 2.96. The first-order chi connectivity index (χ1) is 10.6. The van der Waals surface area contributed by atoms with Gasteiger partial charge in [-0.1, -0.05) is 30.3 Å². The number of carbonyl (C=O) groups is 1. The number of nitrogens with one attached hydrogen (secondary N) is 1. The highest BCUT2D eigenvalue weighted by Crippen LogP contribution is 2.61. The second-order valence-electron chi connectivity index (χ2n) is 6.66. The monoisotopic (exact) mass is 297 g/mol. The number of benzene rings is 1. The van der Waals surface area contributed by atoms with Gasteiger partial charge in [0.2, 0.25) is 0 Å². The number of rotatable bonds is 3. The third-order valence-corrected chi connectivity index (χ3v) is 5.00. The van der Waals surface area contributed by atoms with Crippen molar-refractivity contribution in [2.24, 2.45) is 11.1 Å². The maximum absolute atomic E-state index is 10.8. The van der Waals surface area contributed by atoms with E-state index in [0.29, 0.717) is 11.3 Å². The van der Waals surface area contributed by atoms with Crippen LogP contribution in [0.3, 0.4) is 0 Å². The van der Waals surface area contributed by atoms with Gasteiger partial charge < -0.3 is 15.5 Å². The summed E-state index contributed by atoms with van der Waals surface area (Å²) in [5.74, 6) is 1.25. The third kappa shape index (κ3) is 2.26. The molecule has 2 aromatic rings. The number of nitrogens with zero attached hydrogens (tertiary/aromatic N) is 1. The molecule has 1 spiro atoms. The molecule has 2 amide bonds. The minimum Gasteiger partial charge on any atom is -0.448 e. The molecule has 1 aromatic carbocycles. The second kappa shape index (κ2) is 4.87. The van der Waals surface area contributed by atoms with Gasteiger partial charge in [0.05, 0.1) is 0 Å². The molecule has 2 fully saturated rings. The molecular weight excluding hydrogens is 278 g/mol. The lowest BCUT2D eigenvalue weighted by Crippen LogP contribution is -2.56. The highest BCUT2D eigenvalue weighted by atomic mass is 16.3. The quantitative estimate of drug-likeness (QED) is 0.913. The van der Waals surface area contributed by atoms with Gasteiger partial charge in [0.25, 0.3) is 0 Å². The van der Waals surface area contributed by atoms with Crippen LogP contribution in [0, 0.1) is 5.41 Å². The number of hydrogen-bond donors (Lipinski definition) is 2. The number of oxazole rings is 1. The first kappa shape index (κ1) is 13.4. The van der Waals surface area contributed by atoms with Gasteiger partial charge in [-0.05, 0) is 31.1 Å². The van der Waals surface area contributed by atoms with Crippen molar-refractivity contribution in [1.29, 1.82) is 0 Å². The Labute approximate surface area is 128 Å². The maximum Gasteiger partial charge on any atom is 0.312 e. The van der Waals surface area contributed by atoms with Crippen LogP contribution in [0.15, 0.2) is 41.0 Å². The highest BCUT2D eigenvalue weighted by molar-refractivity contribution is 5.72. The van der Waals surface area contributed by atoms with Crippen LogP contribution in [0.4, 0.5) is 4.79 Å². The predicted molar refractivity (Wildman–Crippen MR) is 82.1 cm³/mol. The van der Waals surface area contributed by atoms with Crippen molar-refractivity contribution in [3.63, 3.8) is 0 Å². The van der Waals surface area contributed by atoms with Crippen LogP contribution in [-0.2, 0) is 0 Å². The normalized spacial score (nSPS) is 29.6. The van der Waals surface area contributed by atoms with E-state index in [0.717, 1.165) is 42.8 Å². The number of amides is 2. The van der Waals surface area contributed by atoms with Gasteiger partial charge in [-0.2, -0.15) is 0 Å². The molecular formula is C17H19N3O2. The summed E-state index contributed by atoms with van der Waals surface area (Å²) in [6.07, 6.45) is 5.99. The van der Waals surface area contributed by atoms with Gasteiger partial charge in [-0.25, -0.2) is 9.78 Å². The standard InChI is InChI=1S/C17H19N3O2/c18-16(21)19-13-8-17(9-13)6-12(7-17)15-20-14(10-22-15)11-4-2-1-3-5-11/h1-5,10,12-13H,6-9H2,(H3,18,19,21). The van der Waals surface area contributed by atoms with E-state index in [9.17, 15) is 4.79 Å². The van der Waals surface area contributed by atoms with Crippen LogP contribution in [0.1, 0.15) is 37.5 Å². The Morgan fingerprint density at radius 2 is 1.95 bits per heavy atom. The summed E-state index contributed by atoms with van der Waals surface area (Å²) in [5, 5.41) is 2.78. The van der Waals surface area contributed by atoms with E-state index < -0.39 is 6.03 Å². The first-order valence-electron chi connectivity index (χ1n) is 7.70. The van der Waals surface area contributed by atoms with Crippen molar-refractivity contribution in [3.05, 3.63) is 42.5 Å². The summed E-state index contributed by atoms with van der Waals surface area (Å²) in [4.78, 5) is 15.5. The van der Waals surface area contributed by atoms with Gasteiger partial charge >= 0.3 is 6.03 Å². The second-order valence-corrected chi connectivity index (χ2v) is 6.66. The van der Waals surface area contributed by atoms with E-state index in [-0.39, 0.29) is 6.04 Å². The van der Waals surface area contributed by atoms with E-state index in [1.54, 1.807) is 6.26 Å². The minimum atomic E-state index is -0.420. The molecule has 0 radical (unpaired) electrons. The SMILES string of the molecule is NC(=O)NC1CC2(C1)CC(c1nc(-c3ccccc3)co1)C2. The zero-order chi connectivity index (χ0) is 15.2. The largest absolute Gasteiger partial charge is 0.448 e. The number of hydrogen-bond acceptors (Lipinski definition) is 3. The van der Waals surface area contributed by atoms with Gasteiger partial charge in [0.1, 0.15) is 12.0 Å². The van der Waals surface area contributed by atoms with E-state index in [2.05, 4.69) is 10.3 Å². The number of aromatic nitrogens is 1. The lowest BCUT2D eigenvalue weighted by atomic mass is 9.50. The molecule has 5 heteroatoms. The Balaban J connectivity index is 1.37. The summed E-state index contributed by atoms with van der Waals surface area (Å²) in [7, 11) is 0. The maximum atomic E-state index is 10.8. The van der Waals surface area contributed by atoms with Crippen molar-refractivity contribution >= 4 is 6.03 Å². The summed E-state index contributed by atoms with van der Waals surface area (Å²) >= 11 is 0. The highest BCUT2D eigenvalue weighted by Gasteiger charge is 2.54. The molecule has 5 nitrogen and oxygen atoms in total. The minimum absolute atomic E-state index is 0.253. The van der Waals surface area contributed by atoms with E-state index in [1.807, 2.05) is 30.3 Å². The van der Waals surface area contributed by atoms with Crippen molar-refractivity contribution in [2.75, 3.05) is 0 Å². The molecule has 2 aliphatic rings. The van der Waals surface area contributed by atoms with Gasteiger partial charge in [0.15, 0.2) is 5.89 Å². The molecule has 0 unspecified atom stereocenters. The molecule has 114 valence electrons. The summed E-state index contributed by atoms with van der Waals surface area (Å²) < 4.78 is 5.68. The molecule has 0 saturated heterocycles. The lowest BCUT2D eigenvalue weighted by molar-refractivity contribution is -0.0237. The fourth-order valence-electron chi connectivity index (χ4n) is 4.00. The Morgan fingerprint density at radius 1 is 1.23 bits per heavy atom. The van der Waals surface area contributed by atoms with Crippen LogP contribution in [0.5, 0.6) is 0 Å². The summed E-state index contributed by atoms with van der Waals surface area (Å²) in [6.45, 7) is 0. The fraction of sp³-hybridized carbons (Fsp3) is 0.412. The van der Waals surface area contributed by atoms with E-state index in [1.165, 1.54) is 0 Å². The zero-order valence-corrected chi connectivity index (χ0v) is 12.3. The number of nitrogens with two attached hydrogens (primary N) is 1. The van der Waals surface area contributed by atoms with Crippen LogP contribution >= 0.6 is 0 Å². The third-order valence-electron chi connectivity index (χ3n) is 5.00. The van der Waals surface area contributed by atoms with Crippen LogP contribution in [-0.4, -0.2) is 17.1 Å². The Hall–Kier alpha value is -2.30. The zero-order valence-electron chi connectivity index (χ0n) is 12.3. The van der Waals surface area contributed by atoms with Crippen LogP contribution in [0.2, 0.25) is 0 Å². The number of carbonyl (C=O) groups excluding carboxylic acids is 1. The van der Waals surface area contributed by atoms with Crippen molar-refractivity contribution in [1.82, 2.24) is 10.3 Å². The smallest absolute Gasteiger partial charge is 0.312 e. The van der Waals surface area contributed by atoms with Crippen LogP contribution < -0.4 is 11.1 Å².